The molecule has 0 spiro atoms. The number of anilines is 2. The molecule has 6 aromatic rings. The quantitative estimate of drug-likeness (QED) is 0.0862. The number of aliphatic hydroxyl groups excluding tert-OH is 1. The lowest BCUT2D eigenvalue weighted by atomic mass is 9.91. The molecule has 1 aliphatic heterocycles. The maximum absolute atomic E-state index is 12.7. The SMILES string of the molecule is CC(=O)Nc1ccc(SC[C@@H]2O[C@H](c3ccc(-c4cccc(CNC(=O)Nc5ccc(Oc6ccccc6)cc5)c4)cc3)O[C@H](c3ccc(CO)cc3)[C@@H]2C)cc1. The molecule has 57 heavy (non-hydrogen) atoms. The fraction of sp³-hybridized carbons (Fsp3) is 0.191. The minimum atomic E-state index is -0.591. The number of para-hydroxylation sites is 1. The predicted octanol–water partition coefficient (Wildman–Crippen LogP) is 10.5. The summed E-state index contributed by atoms with van der Waals surface area (Å²) in [6.45, 7) is 3.99. The van der Waals surface area contributed by atoms with Gasteiger partial charge < -0.3 is 35.3 Å². The molecule has 290 valence electrons. The molecule has 0 aromatic heterocycles. The minimum absolute atomic E-state index is 0.0181. The molecule has 0 aliphatic carbocycles. The van der Waals surface area contributed by atoms with Gasteiger partial charge in [0.15, 0.2) is 6.29 Å². The third-order valence-electron chi connectivity index (χ3n) is 9.70. The van der Waals surface area contributed by atoms with Crippen LogP contribution >= 0.6 is 11.8 Å². The van der Waals surface area contributed by atoms with Crippen molar-refractivity contribution in [3.63, 3.8) is 0 Å². The molecule has 6 aromatic carbocycles. The second-order valence-corrected chi connectivity index (χ2v) is 15.0. The van der Waals surface area contributed by atoms with Crippen molar-refractivity contribution in [2.45, 2.75) is 50.4 Å². The van der Waals surface area contributed by atoms with Crippen LogP contribution < -0.4 is 20.7 Å². The molecule has 7 rings (SSSR count). The van der Waals surface area contributed by atoms with E-state index in [1.54, 1.807) is 23.9 Å². The topological polar surface area (TPSA) is 118 Å². The first-order valence-corrected chi connectivity index (χ1v) is 19.9. The predicted molar refractivity (Wildman–Crippen MR) is 225 cm³/mol. The number of benzene rings is 6. The van der Waals surface area contributed by atoms with Crippen molar-refractivity contribution in [1.82, 2.24) is 5.32 Å². The summed E-state index contributed by atoms with van der Waals surface area (Å²) >= 11 is 1.71. The molecular weight excluding hydrogens is 735 g/mol. The molecular formula is C47H45N3O6S. The van der Waals surface area contributed by atoms with Crippen LogP contribution in [-0.2, 0) is 27.4 Å². The fourth-order valence-electron chi connectivity index (χ4n) is 6.61. The summed E-state index contributed by atoms with van der Waals surface area (Å²) in [6, 6.07) is 48.5. The van der Waals surface area contributed by atoms with E-state index in [4.69, 9.17) is 14.2 Å². The Kier molecular flexibility index (Phi) is 13.0. The van der Waals surface area contributed by atoms with Crippen molar-refractivity contribution < 1.29 is 28.9 Å². The molecule has 1 heterocycles. The van der Waals surface area contributed by atoms with Gasteiger partial charge in [-0.3, -0.25) is 4.79 Å². The summed E-state index contributed by atoms with van der Waals surface area (Å²) in [4.78, 5) is 25.3. The van der Waals surface area contributed by atoms with Crippen molar-refractivity contribution in [2.24, 2.45) is 5.92 Å². The van der Waals surface area contributed by atoms with E-state index in [2.05, 4.69) is 47.1 Å². The van der Waals surface area contributed by atoms with Crippen LogP contribution in [0.4, 0.5) is 16.2 Å². The van der Waals surface area contributed by atoms with E-state index in [0.29, 0.717) is 23.7 Å². The molecule has 1 aliphatic rings. The van der Waals surface area contributed by atoms with Gasteiger partial charge in [0.2, 0.25) is 5.91 Å². The third kappa shape index (κ3) is 10.7. The number of rotatable bonds is 13. The van der Waals surface area contributed by atoms with Crippen LogP contribution in [0, 0.1) is 5.92 Å². The van der Waals surface area contributed by atoms with Gasteiger partial charge in [0.1, 0.15) is 11.5 Å². The summed E-state index contributed by atoms with van der Waals surface area (Å²) in [5, 5.41) is 18.3. The van der Waals surface area contributed by atoms with Crippen LogP contribution in [0.25, 0.3) is 11.1 Å². The van der Waals surface area contributed by atoms with Gasteiger partial charge in [-0.25, -0.2) is 4.79 Å². The van der Waals surface area contributed by atoms with Gasteiger partial charge >= 0.3 is 6.03 Å². The molecule has 0 bridgehead atoms. The second kappa shape index (κ2) is 18.8. The van der Waals surface area contributed by atoms with Crippen LogP contribution in [0.1, 0.15) is 48.5 Å². The molecule has 10 heteroatoms. The Bertz CT molecular complexity index is 2230. The van der Waals surface area contributed by atoms with Gasteiger partial charge in [-0.05, 0) is 94.5 Å². The van der Waals surface area contributed by atoms with E-state index in [-0.39, 0.29) is 36.7 Å². The van der Waals surface area contributed by atoms with E-state index >= 15 is 0 Å². The Hall–Kier alpha value is -5.91. The highest BCUT2D eigenvalue weighted by Crippen LogP contribution is 2.43. The van der Waals surface area contributed by atoms with Crippen molar-refractivity contribution in [1.29, 1.82) is 0 Å². The largest absolute Gasteiger partial charge is 0.457 e. The van der Waals surface area contributed by atoms with Gasteiger partial charge in [0.05, 0.1) is 18.8 Å². The molecule has 9 nitrogen and oxygen atoms in total. The number of urea groups is 1. The number of nitrogens with one attached hydrogen (secondary N) is 3. The standard InChI is InChI=1S/C47H45N3O6S/c1-31-44(30-57-43-25-21-39(22-26-43)49-32(2)52)55-46(56-45(31)36-13-11-33(29-51)12-14-36)37-17-15-35(16-18-37)38-8-6-7-34(27-38)28-48-47(53)50-40-19-23-42(24-20-40)54-41-9-4-3-5-10-41/h3-27,31,44-46,51H,28-30H2,1-2H3,(H,49,52)(H2,48,50,53)/t31-,44+,45+,46+/m1/s1. The highest BCUT2D eigenvalue weighted by molar-refractivity contribution is 7.99. The zero-order valence-electron chi connectivity index (χ0n) is 31.8. The number of aliphatic hydroxyl groups is 1. The third-order valence-corrected chi connectivity index (χ3v) is 10.8. The Balaban J connectivity index is 0.986. The number of carbonyl (C=O) groups excluding carboxylic acids is 2. The number of carbonyl (C=O) groups is 2. The Labute approximate surface area is 337 Å². The summed E-state index contributed by atoms with van der Waals surface area (Å²) in [5.74, 6) is 2.08. The van der Waals surface area contributed by atoms with Crippen molar-refractivity contribution in [2.75, 3.05) is 16.4 Å². The van der Waals surface area contributed by atoms with E-state index in [9.17, 15) is 14.7 Å². The molecule has 4 atom stereocenters. The number of thioether (sulfide) groups is 1. The molecule has 1 saturated heterocycles. The van der Waals surface area contributed by atoms with Crippen LogP contribution in [0.3, 0.4) is 0 Å². The molecule has 3 amide bonds. The Morgan fingerprint density at radius 2 is 1.35 bits per heavy atom. The molecule has 4 N–H and O–H groups in total. The lowest BCUT2D eigenvalue weighted by Gasteiger charge is -2.41. The van der Waals surface area contributed by atoms with Gasteiger partial charge in [-0.15, -0.1) is 11.8 Å². The number of hydrogen-bond acceptors (Lipinski definition) is 7. The molecule has 0 radical (unpaired) electrons. The monoisotopic (exact) mass is 779 g/mol. The molecule has 0 unspecified atom stereocenters. The van der Waals surface area contributed by atoms with Crippen LogP contribution in [0.15, 0.2) is 157 Å². The summed E-state index contributed by atoms with van der Waals surface area (Å²) in [7, 11) is 0. The van der Waals surface area contributed by atoms with Gasteiger partial charge in [0.25, 0.3) is 0 Å². The van der Waals surface area contributed by atoms with Crippen molar-refractivity contribution >= 4 is 35.1 Å². The highest BCUT2D eigenvalue weighted by atomic mass is 32.2. The zero-order valence-corrected chi connectivity index (χ0v) is 32.6. The van der Waals surface area contributed by atoms with Gasteiger partial charge in [-0.1, -0.05) is 91.9 Å². The molecule has 0 saturated carbocycles. The maximum Gasteiger partial charge on any atom is 0.319 e. The lowest BCUT2D eigenvalue weighted by Crippen LogP contribution is -2.38. The average molecular weight is 780 g/mol. The maximum atomic E-state index is 12.7. The second-order valence-electron chi connectivity index (χ2n) is 13.9. The van der Waals surface area contributed by atoms with Gasteiger partial charge in [-0.2, -0.15) is 0 Å². The first-order valence-electron chi connectivity index (χ1n) is 18.9. The highest BCUT2D eigenvalue weighted by Gasteiger charge is 2.38. The fourth-order valence-corrected chi connectivity index (χ4v) is 7.68. The van der Waals surface area contributed by atoms with Crippen LogP contribution in [-0.4, -0.2) is 28.9 Å². The number of amides is 3. The van der Waals surface area contributed by atoms with E-state index in [1.807, 2.05) is 115 Å². The van der Waals surface area contributed by atoms with E-state index in [1.165, 1.54) is 6.92 Å². The van der Waals surface area contributed by atoms with Crippen LogP contribution in [0.2, 0.25) is 0 Å². The minimum Gasteiger partial charge on any atom is -0.457 e. The van der Waals surface area contributed by atoms with E-state index < -0.39 is 6.29 Å². The van der Waals surface area contributed by atoms with Crippen LogP contribution in [0.5, 0.6) is 11.5 Å². The van der Waals surface area contributed by atoms with Gasteiger partial charge in [0, 0.05) is 47.0 Å². The normalized spacial score (nSPS) is 17.7. The molecule has 1 fully saturated rings. The summed E-state index contributed by atoms with van der Waals surface area (Å²) in [6.07, 6.45) is -0.939. The summed E-state index contributed by atoms with van der Waals surface area (Å²) < 4.78 is 19.2. The Morgan fingerprint density at radius 3 is 2.05 bits per heavy atom. The first kappa shape index (κ1) is 39.3. The van der Waals surface area contributed by atoms with Crippen molar-refractivity contribution in [3.8, 4) is 22.6 Å². The summed E-state index contributed by atoms with van der Waals surface area (Å²) in [5.41, 5.74) is 7.22. The lowest BCUT2D eigenvalue weighted by molar-refractivity contribution is -0.268. The van der Waals surface area contributed by atoms with E-state index in [0.717, 1.165) is 49.7 Å². The first-order chi connectivity index (χ1) is 27.8. The number of ether oxygens (including phenoxy) is 3. The average Bonchev–Trinajstić information content (AvgIpc) is 3.24. The number of hydrogen-bond donors (Lipinski definition) is 4. The zero-order chi connectivity index (χ0) is 39.6. The Morgan fingerprint density at radius 1 is 0.684 bits per heavy atom. The van der Waals surface area contributed by atoms with Crippen molar-refractivity contribution in [3.05, 3.63) is 174 Å². The smallest absolute Gasteiger partial charge is 0.319 e.